The van der Waals surface area contributed by atoms with Crippen molar-refractivity contribution in [2.75, 3.05) is 24.5 Å². The quantitative estimate of drug-likeness (QED) is 0.421. The van der Waals surface area contributed by atoms with Gasteiger partial charge in [0.2, 0.25) is 0 Å². The number of rotatable bonds is 3. The molecule has 1 aliphatic carbocycles. The van der Waals surface area contributed by atoms with Crippen molar-refractivity contribution in [2.45, 2.75) is 12.0 Å². The monoisotopic (exact) mass is 389 g/mol. The molecule has 5 nitrogen and oxygen atoms in total. The first-order chi connectivity index (χ1) is 13.0. The first kappa shape index (κ1) is 19.2. The second-order valence-electron chi connectivity index (χ2n) is 6.44. The van der Waals surface area contributed by atoms with Crippen molar-refractivity contribution in [3.63, 3.8) is 0 Å². The van der Waals surface area contributed by atoms with Crippen LogP contribution in [0.4, 0.5) is 14.5 Å². The molecule has 1 fully saturated rings. The number of hydrogen-bond acceptors (Lipinski definition) is 4. The third kappa shape index (κ3) is 4.78. The van der Waals surface area contributed by atoms with Crippen molar-refractivity contribution in [1.29, 1.82) is 0 Å². The van der Waals surface area contributed by atoms with Gasteiger partial charge in [-0.15, -0.1) is 0 Å². The Morgan fingerprint density at radius 3 is 2.89 bits per heavy atom. The lowest BCUT2D eigenvalue weighted by Gasteiger charge is -2.43. The summed E-state index contributed by atoms with van der Waals surface area (Å²) in [6.45, 7) is 1.79. The standard InChI is InChI=1S/C19H21F2N5S/c20-15-11-17(16(21)10-14(15)12-24-25-18(22)27)26-9-8-23-19(13-26)6-4-2-1-3-5-7-19/h1-6,10-12,23H,7-9,13H2,(H3,22,25,27)/b2-1-,5-3-,6-4+,24-12+. The smallest absolute Gasteiger partial charge is 0.184 e. The Hall–Kier alpha value is -2.58. The molecule has 1 unspecified atom stereocenters. The molecule has 1 spiro atoms. The summed E-state index contributed by atoms with van der Waals surface area (Å²) in [5.41, 5.74) is 7.51. The second-order valence-corrected chi connectivity index (χ2v) is 6.88. The van der Waals surface area contributed by atoms with E-state index in [1.807, 2.05) is 29.2 Å². The van der Waals surface area contributed by atoms with E-state index in [0.29, 0.717) is 19.6 Å². The molecule has 2 aliphatic rings. The van der Waals surface area contributed by atoms with Crippen LogP contribution in [0.1, 0.15) is 12.0 Å². The second kappa shape index (κ2) is 8.41. The fourth-order valence-electron chi connectivity index (χ4n) is 3.22. The van der Waals surface area contributed by atoms with Crippen LogP contribution < -0.4 is 21.4 Å². The number of benzene rings is 1. The lowest BCUT2D eigenvalue weighted by molar-refractivity contribution is 0.364. The molecule has 1 aliphatic heterocycles. The molecule has 27 heavy (non-hydrogen) atoms. The highest BCUT2D eigenvalue weighted by atomic mass is 32.1. The fourth-order valence-corrected chi connectivity index (χ4v) is 3.27. The van der Waals surface area contributed by atoms with E-state index < -0.39 is 11.6 Å². The van der Waals surface area contributed by atoms with Crippen LogP contribution in [-0.4, -0.2) is 36.5 Å². The van der Waals surface area contributed by atoms with Crippen LogP contribution in [0.2, 0.25) is 0 Å². The molecule has 0 amide bonds. The Morgan fingerprint density at radius 1 is 1.26 bits per heavy atom. The summed E-state index contributed by atoms with van der Waals surface area (Å²) in [5, 5.41) is 7.13. The number of nitrogens with two attached hydrogens (primary N) is 1. The van der Waals surface area contributed by atoms with Gasteiger partial charge in [0.1, 0.15) is 11.6 Å². The van der Waals surface area contributed by atoms with Crippen LogP contribution in [0.25, 0.3) is 0 Å². The predicted molar refractivity (Wildman–Crippen MR) is 109 cm³/mol. The van der Waals surface area contributed by atoms with Gasteiger partial charge >= 0.3 is 0 Å². The van der Waals surface area contributed by atoms with Gasteiger partial charge in [0.15, 0.2) is 5.11 Å². The Bertz CT molecular complexity index is 834. The predicted octanol–water partition coefficient (Wildman–Crippen LogP) is 2.35. The lowest BCUT2D eigenvalue weighted by Crippen LogP contribution is -2.59. The molecular weight excluding hydrogens is 368 g/mol. The average molecular weight is 389 g/mol. The molecule has 1 aromatic carbocycles. The molecule has 1 aromatic rings. The SMILES string of the molecule is NC(=S)N/N=C/c1cc(F)c(N2CCNC3(/C=C/C=C\C=C/C3)C2)cc1F. The van der Waals surface area contributed by atoms with Gasteiger partial charge in [0.25, 0.3) is 0 Å². The normalized spacial score (nSPS) is 25.8. The van der Waals surface area contributed by atoms with Crippen molar-refractivity contribution in [3.05, 3.63) is 65.8 Å². The van der Waals surface area contributed by atoms with Crippen molar-refractivity contribution in [3.8, 4) is 0 Å². The highest BCUT2D eigenvalue weighted by Gasteiger charge is 2.33. The first-order valence-corrected chi connectivity index (χ1v) is 8.98. The van der Waals surface area contributed by atoms with Crippen LogP contribution >= 0.6 is 12.2 Å². The molecule has 0 aromatic heterocycles. The summed E-state index contributed by atoms with van der Waals surface area (Å²) in [6.07, 6.45) is 13.9. The largest absolute Gasteiger partial charge is 0.375 e. The van der Waals surface area contributed by atoms with Crippen molar-refractivity contribution >= 4 is 29.2 Å². The van der Waals surface area contributed by atoms with E-state index in [0.717, 1.165) is 18.7 Å². The van der Waals surface area contributed by atoms with Crippen LogP contribution in [-0.2, 0) is 0 Å². The molecule has 0 radical (unpaired) electrons. The van der Waals surface area contributed by atoms with Gasteiger partial charge in [0, 0.05) is 31.3 Å². The van der Waals surface area contributed by atoms with Gasteiger partial charge < -0.3 is 16.0 Å². The fraction of sp³-hybridized carbons (Fsp3) is 0.263. The zero-order valence-electron chi connectivity index (χ0n) is 14.7. The van der Waals surface area contributed by atoms with E-state index in [4.69, 9.17) is 5.73 Å². The maximum Gasteiger partial charge on any atom is 0.184 e. The number of thiocarbonyl (C=S) groups is 1. The van der Waals surface area contributed by atoms with Crippen molar-refractivity contribution in [1.82, 2.24) is 10.7 Å². The van der Waals surface area contributed by atoms with Crippen molar-refractivity contribution in [2.24, 2.45) is 10.8 Å². The summed E-state index contributed by atoms with van der Waals surface area (Å²) in [7, 11) is 0. The van der Waals surface area contributed by atoms with Crippen molar-refractivity contribution < 1.29 is 8.78 Å². The molecule has 1 atom stereocenters. The van der Waals surface area contributed by atoms with E-state index in [9.17, 15) is 8.78 Å². The maximum absolute atomic E-state index is 14.7. The Labute approximate surface area is 162 Å². The number of nitrogens with zero attached hydrogens (tertiary/aromatic N) is 2. The summed E-state index contributed by atoms with van der Waals surface area (Å²) in [4.78, 5) is 1.87. The van der Waals surface area contributed by atoms with Gasteiger partial charge in [-0.25, -0.2) is 8.78 Å². The number of nitrogens with one attached hydrogen (secondary N) is 2. The minimum Gasteiger partial charge on any atom is -0.375 e. The Kier molecular flexibility index (Phi) is 5.98. The van der Waals surface area contributed by atoms with E-state index in [1.165, 1.54) is 6.07 Å². The van der Waals surface area contributed by atoms with Gasteiger partial charge in [0.05, 0.1) is 17.4 Å². The summed E-state index contributed by atoms with van der Waals surface area (Å²) in [5.74, 6) is -1.07. The Balaban J connectivity index is 1.83. The third-order valence-electron chi connectivity index (χ3n) is 4.48. The number of hydrazone groups is 1. The molecule has 0 bridgehead atoms. The van der Waals surface area contributed by atoms with Crippen LogP contribution in [0.5, 0.6) is 0 Å². The van der Waals surface area contributed by atoms with Gasteiger partial charge in [-0.3, -0.25) is 5.43 Å². The summed E-state index contributed by atoms with van der Waals surface area (Å²) in [6, 6.07) is 2.33. The number of halogens is 2. The maximum atomic E-state index is 14.7. The van der Waals surface area contributed by atoms with Crippen LogP contribution in [0.3, 0.4) is 0 Å². The third-order valence-corrected chi connectivity index (χ3v) is 4.58. The highest BCUT2D eigenvalue weighted by molar-refractivity contribution is 7.80. The lowest BCUT2D eigenvalue weighted by atomic mass is 9.90. The average Bonchev–Trinajstić information content (AvgIpc) is 2.61. The summed E-state index contributed by atoms with van der Waals surface area (Å²) >= 11 is 4.61. The number of allylic oxidation sites excluding steroid dienone is 4. The molecule has 4 N–H and O–H groups in total. The molecule has 1 heterocycles. The zero-order chi connectivity index (χ0) is 19.3. The first-order valence-electron chi connectivity index (χ1n) is 8.58. The minimum absolute atomic E-state index is 0.0174. The van der Waals surface area contributed by atoms with Crippen LogP contribution in [0.15, 0.2) is 53.7 Å². The topological polar surface area (TPSA) is 65.7 Å². The van der Waals surface area contributed by atoms with E-state index in [2.05, 4.69) is 40.2 Å². The van der Waals surface area contributed by atoms with E-state index in [1.54, 1.807) is 0 Å². The molecule has 142 valence electrons. The highest BCUT2D eigenvalue weighted by Crippen LogP contribution is 2.28. The summed E-state index contributed by atoms with van der Waals surface area (Å²) < 4.78 is 29.1. The number of anilines is 1. The Morgan fingerprint density at radius 2 is 2.07 bits per heavy atom. The van der Waals surface area contributed by atoms with E-state index in [-0.39, 0.29) is 21.9 Å². The molecule has 0 saturated carbocycles. The van der Waals surface area contributed by atoms with E-state index >= 15 is 0 Å². The molecular formula is C19H21F2N5S. The van der Waals surface area contributed by atoms with Gasteiger partial charge in [-0.2, -0.15) is 5.10 Å². The van der Waals surface area contributed by atoms with Gasteiger partial charge in [-0.1, -0.05) is 36.5 Å². The zero-order valence-corrected chi connectivity index (χ0v) is 15.5. The minimum atomic E-state index is -0.566. The number of piperazine rings is 1. The molecule has 3 rings (SSSR count). The number of hydrogen-bond donors (Lipinski definition) is 3. The van der Waals surface area contributed by atoms with Crippen LogP contribution in [0, 0.1) is 11.6 Å². The molecule has 1 saturated heterocycles. The van der Waals surface area contributed by atoms with Gasteiger partial charge in [-0.05, 0) is 24.7 Å². The molecule has 8 heteroatoms.